The van der Waals surface area contributed by atoms with E-state index in [0.29, 0.717) is 39.5 Å². The van der Waals surface area contributed by atoms with Crippen LogP contribution >= 0.6 is 24.4 Å². The molecule has 0 saturated heterocycles. The van der Waals surface area contributed by atoms with Gasteiger partial charge in [0.2, 0.25) is 0 Å². The van der Waals surface area contributed by atoms with Crippen molar-refractivity contribution in [2.24, 2.45) is 10.2 Å². The van der Waals surface area contributed by atoms with Crippen LogP contribution in [-0.4, -0.2) is 56.4 Å². The van der Waals surface area contributed by atoms with Gasteiger partial charge in [-0.1, -0.05) is 10.1 Å². The zero-order chi connectivity index (χ0) is 28.6. The highest BCUT2D eigenvalue weighted by molar-refractivity contribution is 7.94. The van der Waals surface area contributed by atoms with E-state index in [1.807, 2.05) is 0 Å². The number of rotatable bonds is 14. The lowest BCUT2D eigenvalue weighted by molar-refractivity contribution is -0.434. The number of aromatic hydroxyl groups is 1. The molecular formula is C19H19N3O13S4. The second kappa shape index (κ2) is 13.6. The zero-order valence-electron chi connectivity index (χ0n) is 19.4. The Bertz CT molecular complexity index is 1570. The van der Waals surface area contributed by atoms with Crippen molar-refractivity contribution in [1.82, 2.24) is 0 Å². The summed E-state index contributed by atoms with van der Waals surface area (Å²) in [5.74, 6) is -0.793. The van der Waals surface area contributed by atoms with Crippen LogP contribution < -0.4 is 5.32 Å². The quantitative estimate of drug-likeness (QED) is 0.0415. The molecule has 0 radical (unpaired) electrons. The number of benzene rings is 3. The second-order valence-corrected chi connectivity index (χ2v) is 11.9. The molecule has 20 heteroatoms. The summed E-state index contributed by atoms with van der Waals surface area (Å²) in [6.07, 6.45) is 0. The maximum atomic E-state index is 12.6. The normalized spacial score (nSPS) is 12.4. The highest BCUT2D eigenvalue weighted by Crippen LogP contribution is 2.41. The molecule has 0 heterocycles. The molecule has 3 aromatic rings. The number of nitrogens with one attached hydrogen (secondary N) is 1. The SMILES string of the molecule is CNc1ccc2c(O)cc(SOOO)cc2c1N=Nc1ccc(S(=O)(=O)CCOSOOO)cc1S(=O)(=O)O. The minimum absolute atomic E-state index is 0.138. The van der Waals surface area contributed by atoms with Gasteiger partial charge in [-0.15, -0.1) is 18.9 Å². The molecule has 212 valence electrons. The molecule has 0 spiro atoms. The number of anilines is 1. The van der Waals surface area contributed by atoms with Crippen molar-refractivity contribution in [3.8, 4) is 5.75 Å². The number of phenolic OH excluding ortho intramolecular Hbond substituents is 1. The summed E-state index contributed by atoms with van der Waals surface area (Å²) in [5.41, 5.74) is 0.162. The van der Waals surface area contributed by atoms with E-state index >= 15 is 0 Å². The third kappa shape index (κ3) is 7.97. The standard InChI is InChI=1S/C19H19N3O13S4/c1-20-16-5-3-13-14(8-11(9-17(13)23)36-34-32-24)19(16)22-21-15-4-2-12(10-18(15)39(28,29)30)38(26,27)7-6-31-37-35-33-25/h2-5,8-10,20,23-25H,6-7H2,1H3,(H,28,29,30). The fourth-order valence-corrected chi connectivity index (χ4v) is 5.79. The first kappa shape index (κ1) is 30.9. The molecule has 0 fully saturated rings. The molecule has 0 saturated carbocycles. The molecule has 0 atom stereocenters. The maximum Gasteiger partial charge on any atom is 0.296 e. The van der Waals surface area contributed by atoms with Crippen molar-refractivity contribution in [3.05, 3.63) is 42.5 Å². The van der Waals surface area contributed by atoms with Crippen LogP contribution in [0.25, 0.3) is 10.8 Å². The van der Waals surface area contributed by atoms with Crippen LogP contribution in [0.2, 0.25) is 0 Å². The molecule has 39 heavy (non-hydrogen) atoms. The monoisotopic (exact) mass is 625 g/mol. The highest BCUT2D eigenvalue weighted by atomic mass is 32.2. The summed E-state index contributed by atoms with van der Waals surface area (Å²) < 4.78 is 72.2. The van der Waals surface area contributed by atoms with Crippen molar-refractivity contribution >= 4 is 72.2 Å². The summed E-state index contributed by atoms with van der Waals surface area (Å²) in [6.45, 7) is -0.421. The fraction of sp³-hybridized carbons (Fsp3) is 0.158. The van der Waals surface area contributed by atoms with Crippen molar-refractivity contribution < 1.29 is 59.9 Å². The number of fused-ring (bicyclic) bond motifs is 1. The number of nitrogens with zero attached hydrogens (tertiary/aromatic N) is 2. The van der Waals surface area contributed by atoms with E-state index in [9.17, 15) is 26.5 Å². The van der Waals surface area contributed by atoms with Crippen molar-refractivity contribution in [1.29, 1.82) is 0 Å². The molecule has 0 amide bonds. The summed E-state index contributed by atoms with van der Waals surface area (Å²) >= 11 is 0.743. The summed E-state index contributed by atoms with van der Waals surface area (Å²) in [4.78, 5) is -0.996. The van der Waals surface area contributed by atoms with Gasteiger partial charge in [0.15, 0.2) is 22.2 Å². The Morgan fingerprint density at radius 2 is 1.69 bits per heavy atom. The maximum absolute atomic E-state index is 12.6. The van der Waals surface area contributed by atoms with Gasteiger partial charge in [0.1, 0.15) is 22.0 Å². The zero-order valence-corrected chi connectivity index (χ0v) is 22.7. The van der Waals surface area contributed by atoms with E-state index in [-0.39, 0.29) is 29.4 Å². The van der Waals surface area contributed by atoms with E-state index in [1.165, 1.54) is 12.1 Å². The lowest BCUT2D eigenvalue weighted by Crippen LogP contribution is -2.12. The van der Waals surface area contributed by atoms with Gasteiger partial charge >= 0.3 is 0 Å². The van der Waals surface area contributed by atoms with Crippen LogP contribution in [-0.2, 0) is 42.9 Å². The lowest BCUT2D eigenvalue weighted by Gasteiger charge is -2.11. The third-order valence-corrected chi connectivity index (χ3v) is 8.35. The van der Waals surface area contributed by atoms with Crippen molar-refractivity contribution in [3.63, 3.8) is 0 Å². The number of phenols is 1. The van der Waals surface area contributed by atoms with Crippen molar-refractivity contribution in [2.75, 3.05) is 24.7 Å². The van der Waals surface area contributed by atoms with Crippen LogP contribution in [0.1, 0.15) is 0 Å². The third-order valence-electron chi connectivity index (χ3n) is 4.86. The highest BCUT2D eigenvalue weighted by Gasteiger charge is 2.22. The largest absolute Gasteiger partial charge is 0.507 e. The van der Waals surface area contributed by atoms with Gasteiger partial charge in [-0.3, -0.25) is 8.74 Å². The molecule has 3 aromatic carbocycles. The Morgan fingerprint density at radius 1 is 0.949 bits per heavy atom. The molecule has 0 aliphatic heterocycles. The van der Waals surface area contributed by atoms with E-state index in [0.717, 1.165) is 12.1 Å². The number of hydrogen-bond acceptors (Lipinski definition) is 17. The van der Waals surface area contributed by atoms with E-state index in [1.54, 1.807) is 19.2 Å². The summed E-state index contributed by atoms with van der Waals surface area (Å²) in [5, 5.41) is 45.3. The fourth-order valence-electron chi connectivity index (χ4n) is 3.19. The van der Waals surface area contributed by atoms with Gasteiger partial charge in [-0.2, -0.15) is 8.42 Å². The predicted molar refractivity (Wildman–Crippen MR) is 137 cm³/mol. The van der Waals surface area contributed by atoms with Gasteiger partial charge in [0, 0.05) is 22.7 Å². The Labute approximate surface area is 229 Å². The Morgan fingerprint density at radius 3 is 2.36 bits per heavy atom. The van der Waals surface area contributed by atoms with Gasteiger partial charge in [-0.25, -0.2) is 18.9 Å². The first-order chi connectivity index (χ1) is 18.5. The minimum Gasteiger partial charge on any atom is -0.507 e. The summed E-state index contributed by atoms with van der Waals surface area (Å²) in [6, 6.07) is 8.83. The summed E-state index contributed by atoms with van der Waals surface area (Å²) in [7, 11) is -7.48. The van der Waals surface area contributed by atoms with E-state index in [4.69, 9.17) is 14.7 Å². The van der Waals surface area contributed by atoms with Gasteiger partial charge in [0.25, 0.3) is 10.1 Å². The molecule has 5 N–H and O–H groups in total. The average Bonchev–Trinajstić information content (AvgIpc) is 2.89. The van der Waals surface area contributed by atoms with Crippen LogP contribution in [0.3, 0.4) is 0 Å². The molecule has 16 nitrogen and oxygen atoms in total. The van der Waals surface area contributed by atoms with Crippen LogP contribution in [0.15, 0.2) is 67.4 Å². The molecule has 0 aromatic heterocycles. The predicted octanol–water partition coefficient (Wildman–Crippen LogP) is 4.45. The topological polar surface area (TPSA) is 232 Å². The smallest absolute Gasteiger partial charge is 0.296 e. The molecule has 3 rings (SSSR count). The first-order valence-electron chi connectivity index (χ1n) is 10.2. The van der Waals surface area contributed by atoms with Gasteiger partial charge in [0.05, 0.1) is 35.0 Å². The molecular weight excluding hydrogens is 606 g/mol. The molecule has 0 unspecified atom stereocenters. The number of sulfone groups is 1. The average molecular weight is 626 g/mol. The Balaban J connectivity index is 2.04. The second-order valence-electron chi connectivity index (χ2n) is 7.13. The first-order valence-corrected chi connectivity index (χ1v) is 14.7. The molecule has 0 aliphatic rings. The van der Waals surface area contributed by atoms with Crippen molar-refractivity contribution in [2.45, 2.75) is 14.7 Å². The van der Waals surface area contributed by atoms with Gasteiger partial charge in [-0.05, 0) is 42.5 Å². The van der Waals surface area contributed by atoms with E-state index in [2.05, 4.69) is 34.3 Å². The van der Waals surface area contributed by atoms with E-state index < -0.39 is 42.1 Å². The molecule has 0 bridgehead atoms. The Hall–Kier alpha value is -2.60. The van der Waals surface area contributed by atoms with Crippen LogP contribution in [0.4, 0.5) is 17.1 Å². The number of azo groups is 1. The minimum atomic E-state index is -4.97. The Kier molecular flexibility index (Phi) is 10.8. The molecule has 0 aliphatic carbocycles. The lowest BCUT2D eigenvalue weighted by atomic mass is 10.1. The number of hydrogen-bond donors (Lipinski definition) is 5. The van der Waals surface area contributed by atoms with Gasteiger partial charge < -0.3 is 10.4 Å². The van der Waals surface area contributed by atoms with Crippen LogP contribution in [0, 0.1) is 0 Å². The van der Waals surface area contributed by atoms with Crippen LogP contribution in [0.5, 0.6) is 5.75 Å².